The standard InChI is InChI=1S/C52H99NO5/c1-3-5-7-9-11-13-15-17-18-19-20-21-22-23-25-30-34-38-42-46-52(57)58-47-43-39-35-31-27-26-29-33-37-41-45-51(56)53-49(48-54)50(55)44-40-36-32-28-24-16-14-12-10-8-6-4-2/h17-18,40,44,49-50,54-55H,3-16,19-39,41-43,45-48H2,1-2H3,(H,53,56)/b18-17-,44-40+. The molecular formula is C52H99NO5. The van der Waals surface area contributed by atoms with E-state index in [9.17, 15) is 19.8 Å². The maximum absolute atomic E-state index is 12.4. The molecule has 0 rings (SSSR count). The Morgan fingerprint density at radius 1 is 0.466 bits per heavy atom. The van der Waals surface area contributed by atoms with Gasteiger partial charge < -0.3 is 20.3 Å². The van der Waals surface area contributed by atoms with Gasteiger partial charge in [0.15, 0.2) is 0 Å². The molecule has 0 aromatic carbocycles. The Hall–Kier alpha value is -1.66. The van der Waals surface area contributed by atoms with Gasteiger partial charge in [-0.1, -0.05) is 224 Å². The maximum atomic E-state index is 12.4. The van der Waals surface area contributed by atoms with Gasteiger partial charge in [0.25, 0.3) is 0 Å². The molecule has 0 bridgehead atoms. The summed E-state index contributed by atoms with van der Waals surface area (Å²) in [6, 6.07) is -0.643. The van der Waals surface area contributed by atoms with Crippen molar-refractivity contribution in [2.24, 2.45) is 0 Å². The summed E-state index contributed by atoms with van der Waals surface area (Å²) in [6.07, 6.45) is 56.0. The lowest BCUT2D eigenvalue weighted by Crippen LogP contribution is -2.45. The van der Waals surface area contributed by atoms with Crippen LogP contribution in [0.1, 0.15) is 271 Å². The van der Waals surface area contributed by atoms with Gasteiger partial charge in [-0.2, -0.15) is 0 Å². The molecular weight excluding hydrogens is 719 g/mol. The monoisotopic (exact) mass is 818 g/mol. The lowest BCUT2D eigenvalue weighted by atomic mass is 10.0. The molecule has 0 aromatic rings. The van der Waals surface area contributed by atoms with Crippen molar-refractivity contribution in [1.29, 1.82) is 0 Å². The number of rotatable bonds is 47. The van der Waals surface area contributed by atoms with Crippen LogP contribution in [0.25, 0.3) is 0 Å². The molecule has 2 unspecified atom stereocenters. The van der Waals surface area contributed by atoms with Crippen LogP contribution in [0, 0.1) is 0 Å². The van der Waals surface area contributed by atoms with Crippen molar-refractivity contribution in [2.45, 2.75) is 283 Å². The van der Waals surface area contributed by atoms with Gasteiger partial charge in [0.1, 0.15) is 0 Å². The number of unbranched alkanes of at least 4 members (excludes halogenated alkanes) is 34. The molecule has 0 spiro atoms. The first-order chi connectivity index (χ1) is 28.5. The number of hydrogen-bond donors (Lipinski definition) is 3. The summed E-state index contributed by atoms with van der Waals surface area (Å²) in [5.41, 5.74) is 0. The number of carbonyl (C=O) groups excluding carboxylic acids is 2. The second kappa shape index (κ2) is 48.0. The smallest absolute Gasteiger partial charge is 0.305 e. The molecule has 1 amide bonds. The number of aliphatic hydroxyl groups excluding tert-OH is 2. The molecule has 0 aromatic heterocycles. The van der Waals surface area contributed by atoms with E-state index in [1.807, 2.05) is 6.08 Å². The van der Waals surface area contributed by atoms with Crippen molar-refractivity contribution < 1.29 is 24.5 Å². The van der Waals surface area contributed by atoms with Gasteiger partial charge in [-0.3, -0.25) is 9.59 Å². The van der Waals surface area contributed by atoms with E-state index >= 15 is 0 Å². The van der Waals surface area contributed by atoms with Crippen LogP contribution in [-0.2, 0) is 14.3 Å². The molecule has 2 atom stereocenters. The average Bonchev–Trinajstić information content (AvgIpc) is 3.22. The Balaban J connectivity index is 3.48. The molecule has 0 saturated heterocycles. The topological polar surface area (TPSA) is 95.9 Å². The highest BCUT2D eigenvalue weighted by atomic mass is 16.5. The number of esters is 1. The Morgan fingerprint density at radius 3 is 1.22 bits per heavy atom. The lowest BCUT2D eigenvalue weighted by molar-refractivity contribution is -0.143. The van der Waals surface area contributed by atoms with E-state index in [2.05, 4.69) is 31.3 Å². The van der Waals surface area contributed by atoms with Gasteiger partial charge in [-0.25, -0.2) is 0 Å². The minimum Gasteiger partial charge on any atom is -0.466 e. The number of allylic oxidation sites excluding steroid dienone is 3. The lowest BCUT2D eigenvalue weighted by Gasteiger charge is -2.20. The largest absolute Gasteiger partial charge is 0.466 e. The van der Waals surface area contributed by atoms with Crippen LogP contribution in [0.3, 0.4) is 0 Å². The SMILES string of the molecule is CCCCCCCC/C=C\CCCCCCCCCCCC(=O)OCCCCCCCCCCCCC(=O)NC(CO)C(O)/C=C/CCCCCCCCCCCC. The minimum absolute atomic E-state index is 0.0218. The fraction of sp³-hybridized carbons (Fsp3) is 0.885. The highest BCUT2D eigenvalue weighted by Crippen LogP contribution is 2.15. The first kappa shape index (κ1) is 56.3. The zero-order valence-electron chi connectivity index (χ0n) is 38.8. The van der Waals surface area contributed by atoms with Gasteiger partial charge in [0.05, 0.1) is 25.4 Å². The zero-order valence-corrected chi connectivity index (χ0v) is 38.8. The van der Waals surface area contributed by atoms with Crippen molar-refractivity contribution in [2.75, 3.05) is 13.2 Å². The van der Waals surface area contributed by atoms with Gasteiger partial charge in [0, 0.05) is 12.8 Å². The molecule has 6 heteroatoms. The fourth-order valence-electron chi connectivity index (χ4n) is 7.74. The fourth-order valence-corrected chi connectivity index (χ4v) is 7.74. The molecule has 0 aliphatic rings. The maximum Gasteiger partial charge on any atom is 0.305 e. The molecule has 0 saturated carbocycles. The molecule has 0 aliphatic heterocycles. The minimum atomic E-state index is -0.857. The Kier molecular flexibility index (Phi) is 46.6. The van der Waals surface area contributed by atoms with Crippen molar-refractivity contribution in [3.63, 3.8) is 0 Å². The summed E-state index contributed by atoms with van der Waals surface area (Å²) >= 11 is 0. The van der Waals surface area contributed by atoms with Gasteiger partial charge in [-0.15, -0.1) is 0 Å². The second-order valence-corrected chi connectivity index (χ2v) is 17.5. The molecule has 0 fully saturated rings. The van der Waals surface area contributed by atoms with E-state index in [1.165, 1.54) is 186 Å². The van der Waals surface area contributed by atoms with Gasteiger partial charge in [-0.05, 0) is 57.8 Å². The Bertz CT molecular complexity index is 904. The number of amides is 1. The molecule has 58 heavy (non-hydrogen) atoms. The number of carbonyl (C=O) groups is 2. The summed E-state index contributed by atoms with van der Waals surface area (Å²) in [5, 5.41) is 23.0. The Morgan fingerprint density at radius 2 is 0.810 bits per heavy atom. The van der Waals surface area contributed by atoms with Crippen LogP contribution in [0.15, 0.2) is 24.3 Å². The highest BCUT2D eigenvalue weighted by Gasteiger charge is 2.18. The van der Waals surface area contributed by atoms with Crippen molar-refractivity contribution >= 4 is 11.9 Å². The van der Waals surface area contributed by atoms with Crippen LogP contribution in [0.4, 0.5) is 0 Å². The van der Waals surface area contributed by atoms with E-state index in [-0.39, 0.29) is 18.5 Å². The number of nitrogens with one attached hydrogen (secondary N) is 1. The van der Waals surface area contributed by atoms with Crippen LogP contribution in [0.2, 0.25) is 0 Å². The molecule has 0 radical (unpaired) electrons. The quantitative estimate of drug-likeness (QED) is 0.0323. The highest BCUT2D eigenvalue weighted by molar-refractivity contribution is 5.76. The van der Waals surface area contributed by atoms with E-state index < -0.39 is 12.1 Å². The first-order valence-electron chi connectivity index (χ1n) is 25.6. The van der Waals surface area contributed by atoms with Crippen LogP contribution < -0.4 is 5.32 Å². The van der Waals surface area contributed by atoms with Gasteiger partial charge in [0.2, 0.25) is 5.91 Å². The third-order valence-electron chi connectivity index (χ3n) is 11.7. The van der Waals surface area contributed by atoms with Crippen molar-refractivity contribution in [1.82, 2.24) is 5.32 Å². The summed E-state index contributed by atoms with van der Waals surface area (Å²) in [4.78, 5) is 24.5. The summed E-state index contributed by atoms with van der Waals surface area (Å²) in [6.45, 7) is 4.84. The normalized spacial score (nSPS) is 12.8. The summed E-state index contributed by atoms with van der Waals surface area (Å²) < 4.78 is 5.46. The third-order valence-corrected chi connectivity index (χ3v) is 11.7. The molecule has 0 heterocycles. The number of ether oxygens (including phenoxy) is 1. The second-order valence-electron chi connectivity index (χ2n) is 17.5. The molecule has 0 aliphatic carbocycles. The number of hydrogen-bond acceptors (Lipinski definition) is 5. The summed E-state index contributed by atoms with van der Waals surface area (Å²) in [7, 11) is 0. The van der Waals surface area contributed by atoms with Crippen LogP contribution in [0.5, 0.6) is 0 Å². The Labute approximate surface area is 361 Å². The first-order valence-corrected chi connectivity index (χ1v) is 25.6. The predicted molar refractivity (Wildman–Crippen MR) is 250 cm³/mol. The molecule has 3 N–H and O–H groups in total. The van der Waals surface area contributed by atoms with E-state index in [4.69, 9.17) is 4.74 Å². The third kappa shape index (κ3) is 43.9. The molecule has 342 valence electrons. The average molecular weight is 818 g/mol. The van der Waals surface area contributed by atoms with Crippen molar-refractivity contribution in [3.05, 3.63) is 24.3 Å². The van der Waals surface area contributed by atoms with E-state index in [0.29, 0.717) is 19.4 Å². The summed E-state index contributed by atoms with van der Waals surface area (Å²) in [5.74, 6) is -0.113. The van der Waals surface area contributed by atoms with Crippen LogP contribution >= 0.6 is 0 Å². The van der Waals surface area contributed by atoms with E-state index in [1.54, 1.807) is 6.08 Å². The van der Waals surface area contributed by atoms with Gasteiger partial charge >= 0.3 is 5.97 Å². The molecule has 6 nitrogen and oxygen atoms in total. The van der Waals surface area contributed by atoms with Crippen LogP contribution in [-0.4, -0.2) is 47.4 Å². The predicted octanol–water partition coefficient (Wildman–Crippen LogP) is 15.1. The van der Waals surface area contributed by atoms with Crippen molar-refractivity contribution in [3.8, 4) is 0 Å². The van der Waals surface area contributed by atoms with E-state index in [0.717, 1.165) is 57.8 Å². The zero-order chi connectivity index (χ0) is 42.3. The number of aliphatic hydroxyl groups is 2.